The molecule has 0 bridgehead atoms. The topological polar surface area (TPSA) is 41.6 Å². The molecule has 1 aromatic carbocycles. The van der Waals surface area contributed by atoms with Crippen molar-refractivity contribution in [1.82, 2.24) is 10.2 Å². The van der Waals surface area contributed by atoms with Crippen LogP contribution >= 0.6 is 0 Å². The molecule has 1 aliphatic heterocycles. The molecule has 3 rings (SSSR count). The molecule has 1 aromatic rings. The van der Waals surface area contributed by atoms with Gasteiger partial charge in [-0.1, -0.05) is 37.5 Å². The lowest BCUT2D eigenvalue weighted by Gasteiger charge is -2.33. The van der Waals surface area contributed by atoms with E-state index in [1.807, 2.05) is 6.07 Å². The molecule has 26 heavy (non-hydrogen) atoms. The first kappa shape index (κ1) is 19.2. The molecule has 0 unspecified atom stereocenters. The number of para-hydroxylation sites is 1. The average molecular weight is 359 g/mol. The van der Waals surface area contributed by atoms with Crippen LogP contribution in [0.15, 0.2) is 24.3 Å². The number of hydrogen-bond donors (Lipinski definition) is 1. The first-order valence-electron chi connectivity index (χ1n) is 10.4. The molecule has 4 heteroatoms. The summed E-state index contributed by atoms with van der Waals surface area (Å²) >= 11 is 0. The molecule has 1 saturated carbocycles. The van der Waals surface area contributed by atoms with Crippen LogP contribution in [0, 0.1) is 5.92 Å². The summed E-state index contributed by atoms with van der Waals surface area (Å²) in [5.74, 6) is 1.57. The molecule has 4 nitrogen and oxygen atoms in total. The Morgan fingerprint density at radius 1 is 1.12 bits per heavy atom. The highest BCUT2D eigenvalue weighted by Crippen LogP contribution is 2.25. The van der Waals surface area contributed by atoms with Crippen LogP contribution in [-0.4, -0.2) is 36.0 Å². The summed E-state index contributed by atoms with van der Waals surface area (Å²) in [5.41, 5.74) is 1.26. The van der Waals surface area contributed by atoms with Crippen LogP contribution in [-0.2, 0) is 11.3 Å². The summed E-state index contributed by atoms with van der Waals surface area (Å²) in [5, 5.41) is 3.32. The molecular weight excluding hydrogens is 324 g/mol. The summed E-state index contributed by atoms with van der Waals surface area (Å²) in [7, 11) is 0. The van der Waals surface area contributed by atoms with E-state index in [9.17, 15) is 4.79 Å². The number of likely N-dealkylation sites (tertiary alicyclic amines) is 1. The summed E-state index contributed by atoms with van der Waals surface area (Å²) in [6.45, 7) is 7.12. The molecular formula is C22H34N2O2. The second-order valence-corrected chi connectivity index (χ2v) is 8.17. The number of nitrogens with one attached hydrogen (secondary N) is 1. The Balaban J connectivity index is 1.46. The Morgan fingerprint density at radius 3 is 2.50 bits per heavy atom. The van der Waals surface area contributed by atoms with E-state index in [0.29, 0.717) is 11.9 Å². The second-order valence-electron chi connectivity index (χ2n) is 8.17. The Bertz CT molecular complexity index is 573. The minimum absolute atomic E-state index is 0.192. The van der Waals surface area contributed by atoms with Crippen molar-refractivity contribution in [2.45, 2.75) is 77.5 Å². The third-order valence-electron chi connectivity index (χ3n) is 5.64. The van der Waals surface area contributed by atoms with E-state index in [1.54, 1.807) is 0 Å². The van der Waals surface area contributed by atoms with E-state index in [0.717, 1.165) is 51.1 Å². The van der Waals surface area contributed by atoms with Crippen molar-refractivity contribution >= 4 is 5.91 Å². The zero-order valence-electron chi connectivity index (χ0n) is 16.4. The van der Waals surface area contributed by atoms with Gasteiger partial charge in [-0.25, -0.2) is 0 Å². The minimum atomic E-state index is 0.192. The molecule has 0 radical (unpaired) electrons. The smallest absolute Gasteiger partial charge is 0.223 e. The van der Waals surface area contributed by atoms with Crippen molar-refractivity contribution in [3.63, 3.8) is 0 Å². The van der Waals surface area contributed by atoms with Gasteiger partial charge in [-0.05, 0) is 45.6 Å². The standard InChI is InChI=1S/C22H34N2O2/c1-17(2)26-21-11-7-6-10-19(21)16-24-14-12-20(13-15-24)23-22(25)18-8-4-3-5-9-18/h6-7,10-11,17-18,20H,3-5,8-9,12-16H2,1-2H3,(H,23,25). The highest BCUT2D eigenvalue weighted by atomic mass is 16.5. The molecule has 1 amide bonds. The van der Waals surface area contributed by atoms with Gasteiger partial charge in [-0.15, -0.1) is 0 Å². The predicted octanol–water partition coefficient (Wildman–Crippen LogP) is 4.13. The fourth-order valence-electron chi connectivity index (χ4n) is 4.16. The van der Waals surface area contributed by atoms with Crippen molar-refractivity contribution < 1.29 is 9.53 Å². The van der Waals surface area contributed by atoms with E-state index in [2.05, 4.69) is 42.3 Å². The van der Waals surface area contributed by atoms with Gasteiger partial charge in [0.1, 0.15) is 5.75 Å². The predicted molar refractivity (Wildman–Crippen MR) is 105 cm³/mol. The maximum Gasteiger partial charge on any atom is 0.223 e. The van der Waals surface area contributed by atoms with Crippen LogP contribution in [0.25, 0.3) is 0 Å². The summed E-state index contributed by atoms with van der Waals surface area (Å²) in [6, 6.07) is 8.69. The number of rotatable bonds is 6. The van der Waals surface area contributed by atoms with Crippen LogP contribution < -0.4 is 10.1 Å². The number of carbonyl (C=O) groups excluding carboxylic acids is 1. The van der Waals surface area contributed by atoms with Gasteiger partial charge in [0.2, 0.25) is 5.91 Å². The Labute approximate surface area is 158 Å². The molecule has 2 aliphatic rings. The highest BCUT2D eigenvalue weighted by Gasteiger charge is 2.26. The lowest BCUT2D eigenvalue weighted by molar-refractivity contribution is -0.127. The van der Waals surface area contributed by atoms with Gasteiger partial charge in [-0.2, -0.15) is 0 Å². The Hall–Kier alpha value is -1.55. The maximum absolute atomic E-state index is 12.4. The van der Waals surface area contributed by atoms with Gasteiger partial charge in [0.25, 0.3) is 0 Å². The first-order valence-corrected chi connectivity index (χ1v) is 10.4. The van der Waals surface area contributed by atoms with Gasteiger partial charge in [0.05, 0.1) is 6.10 Å². The number of ether oxygens (including phenoxy) is 1. The number of amides is 1. The molecule has 1 heterocycles. The van der Waals surface area contributed by atoms with Gasteiger partial charge in [-0.3, -0.25) is 9.69 Å². The van der Waals surface area contributed by atoms with E-state index >= 15 is 0 Å². The third kappa shape index (κ3) is 5.47. The normalized spacial score (nSPS) is 20.3. The highest BCUT2D eigenvalue weighted by molar-refractivity contribution is 5.79. The van der Waals surface area contributed by atoms with E-state index in [1.165, 1.54) is 24.8 Å². The zero-order valence-corrected chi connectivity index (χ0v) is 16.4. The number of nitrogens with zero attached hydrogens (tertiary/aromatic N) is 1. The van der Waals surface area contributed by atoms with Crippen molar-refractivity contribution in [2.75, 3.05) is 13.1 Å². The fourth-order valence-corrected chi connectivity index (χ4v) is 4.16. The fraction of sp³-hybridized carbons (Fsp3) is 0.682. The molecule has 1 N–H and O–H groups in total. The SMILES string of the molecule is CC(C)Oc1ccccc1CN1CCC(NC(=O)C2CCCCC2)CC1. The molecule has 0 aromatic heterocycles. The van der Waals surface area contributed by atoms with Gasteiger partial charge < -0.3 is 10.1 Å². The van der Waals surface area contributed by atoms with Crippen molar-refractivity contribution in [3.8, 4) is 5.75 Å². The first-order chi connectivity index (χ1) is 12.6. The van der Waals surface area contributed by atoms with E-state index in [4.69, 9.17) is 4.74 Å². The van der Waals surface area contributed by atoms with Crippen molar-refractivity contribution in [1.29, 1.82) is 0 Å². The number of benzene rings is 1. The minimum Gasteiger partial charge on any atom is -0.491 e. The van der Waals surface area contributed by atoms with Crippen LogP contribution in [0.3, 0.4) is 0 Å². The zero-order chi connectivity index (χ0) is 18.4. The van der Waals surface area contributed by atoms with Crippen LogP contribution in [0.4, 0.5) is 0 Å². The summed E-state index contributed by atoms with van der Waals surface area (Å²) in [6.07, 6.45) is 8.18. The van der Waals surface area contributed by atoms with Crippen molar-refractivity contribution in [2.24, 2.45) is 5.92 Å². The molecule has 2 fully saturated rings. The van der Waals surface area contributed by atoms with Crippen LogP contribution in [0.5, 0.6) is 5.75 Å². The largest absolute Gasteiger partial charge is 0.491 e. The van der Waals surface area contributed by atoms with Gasteiger partial charge >= 0.3 is 0 Å². The lowest BCUT2D eigenvalue weighted by atomic mass is 9.88. The molecule has 1 aliphatic carbocycles. The monoisotopic (exact) mass is 358 g/mol. The number of hydrogen-bond acceptors (Lipinski definition) is 3. The van der Waals surface area contributed by atoms with Crippen molar-refractivity contribution in [3.05, 3.63) is 29.8 Å². The number of carbonyl (C=O) groups is 1. The maximum atomic E-state index is 12.4. The molecule has 144 valence electrons. The average Bonchev–Trinajstić information content (AvgIpc) is 2.65. The molecule has 0 atom stereocenters. The van der Waals surface area contributed by atoms with E-state index in [-0.39, 0.29) is 12.0 Å². The summed E-state index contributed by atoms with van der Waals surface area (Å²) < 4.78 is 5.94. The lowest BCUT2D eigenvalue weighted by Crippen LogP contribution is -2.46. The summed E-state index contributed by atoms with van der Waals surface area (Å²) in [4.78, 5) is 14.9. The van der Waals surface area contributed by atoms with Gasteiger partial charge in [0.15, 0.2) is 0 Å². The van der Waals surface area contributed by atoms with Crippen LogP contribution in [0.1, 0.15) is 64.4 Å². The van der Waals surface area contributed by atoms with Crippen LogP contribution in [0.2, 0.25) is 0 Å². The third-order valence-corrected chi connectivity index (χ3v) is 5.64. The van der Waals surface area contributed by atoms with Gasteiger partial charge in [0, 0.05) is 37.2 Å². The Kier molecular flexibility index (Phi) is 6.95. The molecule has 0 spiro atoms. The molecule has 1 saturated heterocycles. The quantitative estimate of drug-likeness (QED) is 0.831. The number of piperidine rings is 1. The second kappa shape index (κ2) is 9.40. The van der Waals surface area contributed by atoms with E-state index < -0.39 is 0 Å². The Morgan fingerprint density at radius 2 is 1.81 bits per heavy atom.